The van der Waals surface area contributed by atoms with Crippen LogP contribution in [0.1, 0.15) is 12.5 Å². The number of anilines is 1. The van der Waals surface area contributed by atoms with Crippen LogP contribution in [0.2, 0.25) is 0 Å². The number of rotatable bonds is 6. The highest BCUT2D eigenvalue weighted by atomic mass is 19.1. The molecule has 2 aromatic carbocycles. The maximum Gasteiger partial charge on any atom is 0.319 e. The first-order chi connectivity index (χ1) is 11.4. The summed E-state index contributed by atoms with van der Waals surface area (Å²) in [5.74, 6) is 0.221. The summed E-state index contributed by atoms with van der Waals surface area (Å²) in [5.41, 5.74) is -0.136. The molecule has 2 aromatic rings. The van der Waals surface area contributed by atoms with Gasteiger partial charge in [0.05, 0.1) is 18.4 Å². The number of carbonyl (C=O) groups excluding carboxylic acids is 1. The van der Waals surface area contributed by atoms with Gasteiger partial charge in [0.1, 0.15) is 11.6 Å². The van der Waals surface area contributed by atoms with E-state index in [1.807, 2.05) is 24.3 Å². The van der Waals surface area contributed by atoms with E-state index in [4.69, 9.17) is 4.74 Å². The van der Waals surface area contributed by atoms with Gasteiger partial charge in [-0.15, -0.1) is 0 Å². The van der Waals surface area contributed by atoms with Crippen molar-refractivity contribution in [1.82, 2.24) is 5.32 Å². The van der Waals surface area contributed by atoms with Gasteiger partial charge in [-0.1, -0.05) is 24.3 Å². The van der Waals surface area contributed by atoms with E-state index >= 15 is 0 Å². The molecule has 5 nitrogen and oxygen atoms in total. The average molecular weight is 332 g/mol. The van der Waals surface area contributed by atoms with E-state index in [0.29, 0.717) is 6.42 Å². The molecule has 0 aromatic heterocycles. The second kappa shape index (κ2) is 7.79. The fourth-order valence-electron chi connectivity index (χ4n) is 2.25. The summed E-state index contributed by atoms with van der Waals surface area (Å²) < 4.78 is 18.6. The molecule has 128 valence electrons. The van der Waals surface area contributed by atoms with Crippen LogP contribution in [0.5, 0.6) is 5.75 Å². The van der Waals surface area contributed by atoms with E-state index < -0.39 is 17.4 Å². The fraction of sp³-hybridized carbons (Fsp3) is 0.278. The molecular weight excluding hydrogens is 311 g/mol. The third-order valence-electron chi connectivity index (χ3n) is 3.50. The predicted octanol–water partition coefficient (Wildman–Crippen LogP) is 2.95. The van der Waals surface area contributed by atoms with Gasteiger partial charge in [-0.3, -0.25) is 0 Å². The second-order valence-corrected chi connectivity index (χ2v) is 5.81. The lowest BCUT2D eigenvalue weighted by atomic mass is 9.96. The quantitative estimate of drug-likeness (QED) is 0.762. The number of benzene rings is 2. The lowest BCUT2D eigenvalue weighted by Gasteiger charge is -2.24. The molecule has 0 aliphatic rings. The van der Waals surface area contributed by atoms with E-state index in [-0.39, 0.29) is 12.2 Å². The number of nitrogens with one attached hydrogen (secondary N) is 2. The smallest absolute Gasteiger partial charge is 0.319 e. The van der Waals surface area contributed by atoms with Crippen LogP contribution in [-0.2, 0) is 6.42 Å². The van der Waals surface area contributed by atoms with E-state index in [1.165, 1.54) is 18.2 Å². The second-order valence-electron chi connectivity index (χ2n) is 5.81. The van der Waals surface area contributed by atoms with Crippen LogP contribution >= 0.6 is 0 Å². The maximum absolute atomic E-state index is 13.5. The van der Waals surface area contributed by atoms with Crippen molar-refractivity contribution in [2.45, 2.75) is 18.9 Å². The molecule has 0 aliphatic carbocycles. The van der Waals surface area contributed by atoms with Crippen molar-refractivity contribution in [3.63, 3.8) is 0 Å². The molecule has 24 heavy (non-hydrogen) atoms. The van der Waals surface area contributed by atoms with E-state index in [2.05, 4.69) is 10.6 Å². The highest BCUT2D eigenvalue weighted by Crippen LogP contribution is 2.17. The molecule has 0 aliphatic heterocycles. The molecule has 0 bridgehead atoms. The molecule has 2 amide bonds. The third-order valence-corrected chi connectivity index (χ3v) is 3.50. The molecule has 0 unspecified atom stereocenters. The number of hydrogen-bond acceptors (Lipinski definition) is 3. The van der Waals surface area contributed by atoms with Gasteiger partial charge in [0.2, 0.25) is 0 Å². The number of para-hydroxylation sites is 1. The van der Waals surface area contributed by atoms with E-state index in [1.54, 1.807) is 20.1 Å². The summed E-state index contributed by atoms with van der Waals surface area (Å²) >= 11 is 0. The zero-order valence-corrected chi connectivity index (χ0v) is 13.7. The first-order valence-electron chi connectivity index (χ1n) is 7.54. The summed E-state index contributed by atoms with van der Waals surface area (Å²) in [6.07, 6.45) is 0.358. The summed E-state index contributed by atoms with van der Waals surface area (Å²) in [6.45, 7) is 1.65. The van der Waals surface area contributed by atoms with Crippen molar-refractivity contribution in [3.8, 4) is 5.75 Å². The number of halogens is 1. The fourth-order valence-corrected chi connectivity index (χ4v) is 2.25. The number of hydrogen-bond donors (Lipinski definition) is 3. The predicted molar refractivity (Wildman–Crippen MR) is 90.7 cm³/mol. The molecule has 0 heterocycles. The largest absolute Gasteiger partial charge is 0.497 e. The number of carbonyl (C=O) groups is 1. The van der Waals surface area contributed by atoms with Crippen LogP contribution in [0, 0.1) is 5.82 Å². The number of aliphatic hydroxyl groups is 1. The van der Waals surface area contributed by atoms with Crippen LogP contribution in [0.25, 0.3) is 0 Å². The Hall–Kier alpha value is -2.60. The number of urea groups is 1. The number of ether oxygens (including phenoxy) is 1. The Bertz CT molecular complexity index is 687. The zero-order valence-electron chi connectivity index (χ0n) is 13.7. The van der Waals surface area contributed by atoms with Crippen molar-refractivity contribution < 1.29 is 19.0 Å². The molecule has 0 saturated heterocycles. The minimum absolute atomic E-state index is 0.0271. The van der Waals surface area contributed by atoms with Gasteiger partial charge in [0.15, 0.2) is 0 Å². The Labute approximate surface area is 140 Å². The van der Waals surface area contributed by atoms with Gasteiger partial charge in [-0.25, -0.2) is 9.18 Å². The third kappa shape index (κ3) is 5.24. The molecule has 6 heteroatoms. The van der Waals surface area contributed by atoms with Crippen molar-refractivity contribution in [2.75, 3.05) is 19.0 Å². The van der Waals surface area contributed by atoms with Crippen molar-refractivity contribution in [1.29, 1.82) is 0 Å². The van der Waals surface area contributed by atoms with Crippen LogP contribution in [0.3, 0.4) is 0 Å². The molecule has 0 fully saturated rings. The summed E-state index contributed by atoms with van der Waals surface area (Å²) in [5, 5.41) is 15.4. The molecule has 1 atom stereocenters. The minimum atomic E-state index is -1.14. The molecule has 3 N–H and O–H groups in total. The summed E-state index contributed by atoms with van der Waals surface area (Å²) in [4.78, 5) is 11.8. The highest BCUT2D eigenvalue weighted by Gasteiger charge is 2.22. The van der Waals surface area contributed by atoms with Crippen LogP contribution < -0.4 is 15.4 Å². The normalized spacial score (nSPS) is 13.0. The molecular formula is C18H21FN2O3. The first-order valence-corrected chi connectivity index (χ1v) is 7.54. The number of methoxy groups -OCH3 is 1. The Morgan fingerprint density at radius 2 is 1.88 bits per heavy atom. The van der Waals surface area contributed by atoms with Gasteiger partial charge in [0.25, 0.3) is 0 Å². The van der Waals surface area contributed by atoms with Gasteiger partial charge in [-0.2, -0.15) is 0 Å². The Morgan fingerprint density at radius 3 is 2.50 bits per heavy atom. The molecule has 0 radical (unpaired) electrons. The van der Waals surface area contributed by atoms with Crippen molar-refractivity contribution in [2.24, 2.45) is 0 Å². The van der Waals surface area contributed by atoms with Crippen LogP contribution in [0.4, 0.5) is 14.9 Å². The summed E-state index contributed by atoms with van der Waals surface area (Å²) in [6, 6.07) is 12.6. The molecule has 2 rings (SSSR count). The van der Waals surface area contributed by atoms with Gasteiger partial charge in [-0.05, 0) is 36.8 Å². The lowest BCUT2D eigenvalue weighted by molar-refractivity contribution is 0.0629. The first kappa shape index (κ1) is 17.7. The molecule has 0 spiro atoms. The summed E-state index contributed by atoms with van der Waals surface area (Å²) in [7, 11) is 1.59. The van der Waals surface area contributed by atoms with Crippen LogP contribution in [0.15, 0.2) is 48.5 Å². The van der Waals surface area contributed by atoms with Gasteiger partial charge >= 0.3 is 6.03 Å². The van der Waals surface area contributed by atoms with E-state index in [9.17, 15) is 14.3 Å². The number of amides is 2. The maximum atomic E-state index is 13.5. The van der Waals surface area contributed by atoms with Gasteiger partial charge < -0.3 is 20.5 Å². The van der Waals surface area contributed by atoms with Crippen molar-refractivity contribution in [3.05, 3.63) is 59.9 Å². The average Bonchev–Trinajstić information content (AvgIpc) is 2.56. The van der Waals surface area contributed by atoms with Gasteiger partial charge in [0, 0.05) is 13.0 Å². The molecule has 0 saturated carbocycles. The monoisotopic (exact) mass is 332 g/mol. The Morgan fingerprint density at radius 1 is 1.21 bits per heavy atom. The highest BCUT2D eigenvalue weighted by molar-refractivity contribution is 5.89. The topological polar surface area (TPSA) is 70.6 Å². The van der Waals surface area contributed by atoms with Crippen molar-refractivity contribution >= 4 is 11.7 Å². The zero-order chi connectivity index (χ0) is 17.6. The SMILES string of the molecule is COc1ccc(C[C@@](C)(O)CNC(=O)Nc2ccccc2F)cc1. The Balaban J connectivity index is 1.87. The Kier molecular flexibility index (Phi) is 5.76. The minimum Gasteiger partial charge on any atom is -0.497 e. The van der Waals surface area contributed by atoms with Crippen LogP contribution in [-0.4, -0.2) is 30.4 Å². The lowest BCUT2D eigenvalue weighted by Crippen LogP contribution is -2.43. The van der Waals surface area contributed by atoms with E-state index in [0.717, 1.165) is 11.3 Å². The standard InChI is InChI=1S/C18H21FN2O3/c1-18(23,11-13-7-9-14(24-2)10-8-13)12-20-17(22)21-16-6-4-3-5-15(16)19/h3-10,23H,11-12H2,1-2H3,(H2,20,21,22)/t18-/m1/s1.